The summed E-state index contributed by atoms with van der Waals surface area (Å²) in [6, 6.07) is 56.0. The summed E-state index contributed by atoms with van der Waals surface area (Å²) in [5.74, 6) is 0. The third-order valence-corrected chi connectivity index (χ3v) is 11.2. The minimum Gasteiger partial charge on any atom is -0.135 e. The molecule has 1 heteroatoms. The largest absolute Gasteiger partial charge is 0.135 e. The lowest BCUT2D eigenvalue weighted by molar-refractivity contribution is 1.59. The second kappa shape index (κ2) is 12.5. The Morgan fingerprint density at radius 2 is 1.12 bits per heavy atom. The molecule has 0 N–H and O–H groups in total. The van der Waals surface area contributed by atoms with Crippen molar-refractivity contribution in [3.8, 4) is 33.4 Å². The lowest BCUT2D eigenvalue weighted by atomic mass is 9.84. The topological polar surface area (TPSA) is 0 Å². The van der Waals surface area contributed by atoms with Gasteiger partial charge in [-0.1, -0.05) is 170 Å². The third-order valence-electron chi connectivity index (χ3n) is 10.0. The van der Waals surface area contributed by atoms with E-state index in [2.05, 4.69) is 177 Å². The number of hydrogen-bond acceptors (Lipinski definition) is 1. The zero-order valence-electron chi connectivity index (χ0n) is 27.9. The van der Waals surface area contributed by atoms with Crippen LogP contribution >= 0.6 is 11.3 Å². The molecule has 1 aromatic heterocycles. The molecule has 1 heterocycles. The maximum atomic E-state index is 3.85. The number of hydrogen-bond donors (Lipinski definition) is 0. The van der Waals surface area contributed by atoms with Crippen LogP contribution in [0, 0.1) is 0 Å². The number of rotatable bonds is 6. The molecule has 0 spiro atoms. The Bertz CT molecular complexity index is 2820. The lowest BCUT2D eigenvalue weighted by Gasteiger charge is -2.19. The van der Waals surface area contributed by atoms with Crippen LogP contribution in [0.3, 0.4) is 0 Å². The summed E-state index contributed by atoms with van der Waals surface area (Å²) in [5.41, 5.74) is 9.97. The smallest absolute Gasteiger partial charge is 0.0434 e. The normalized spacial score (nSPS) is 12.2. The van der Waals surface area contributed by atoms with Crippen molar-refractivity contribution in [2.75, 3.05) is 0 Å². The first-order valence-electron chi connectivity index (χ1n) is 17.1. The monoisotopic (exact) mass is 654 g/mol. The summed E-state index contributed by atoms with van der Waals surface area (Å²) in [4.78, 5) is 0. The van der Waals surface area contributed by atoms with Crippen molar-refractivity contribution in [3.05, 3.63) is 188 Å². The number of allylic oxidation sites excluding steroid dienone is 5. The van der Waals surface area contributed by atoms with Crippen LogP contribution in [-0.2, 0) is 0 Å². The van der Waals surface area contributed by atoms with Gasteiger partial charge in [0.25, 0.3) is 0 Å². The highest BCUT2D eigenvalue weighted by atomic mass is 32.1. The molecule has 8 aromatic carbocycles. The molecule has 0 bridgehead atoms. The number of benzene rings is 8. The SMILES string of the molecule is C=C/C=C\C=C(/C)c1ccc2c(-c3ccc(-c4cccc5ccccc45)cc3)c3ccccc3c(-c3cccc4c3sc3ccccc34)c2c1. The van der Waals surface area contributed by atoms with Crippen molar-refractivity contribution in [2.24, 2.45) is 0 Å². The van der Waals surface area contributed by atoms with E-state index in [1.807, 2.05) is 23.5 Å². The first kappa shape index (κ1) is 30.1. The minimum absolute atomic E-state index is 1.21. The Balaban J connectivity index is 1.33. The first-order valence-corrected chi connectivity index (χ1v) is 18.0. The van der Waals surface area contributed by atoms with Crippen LogP contribution in [0.25, 0.3) is 91.4 Å². The van der Waals surface area contributed by atoms with Gasteiger partial charge >= 0.3 is 0 Å². The van der Waals surface area contributed by atoms with E-state index in [0.717, 1.165) is 0 Å². The summed E-state index contributed by atoms with van der Waals surface area (Å²) < 4.78 is 2.65. The van der Waals surface area contributed by atoms with E-state index < -0.39 is 0 Å². The molecular weight excluding hydrogens is 621 g/mol. The van der Waals surface area contributed by atoms with Crippen LogP contribution < -0.4 is 0 Å². The molecule has 9 rings (SSSR count). The van der Waals surface area contributed by atoms with Crippen molar-refractivity contribution in [3.63, 3.8) is 0 Å². The summed E-state index contributed by atoms with van der Waals surface area (Å²) in [5, 5.41) is 10.2. The number of fused-ring (bicyclic) bond motifs is 6. The highest BCUT2D eigenvalue weighted by Crippen LogP contribution is 2.48. The first-order chi connectivity index (χ1) is 24.7. The zero-order chi connectivity index (χ0) is 33.6. The molecule has 0 aliphatic carbocycles. The second-order valence-electron chi connectivity index (χ2n) is 12.9. The number of thiophene rings is 1. The zero-order valence-corrected chi connectivity index (χ0v) is 28.7. The average Bonchev–Trinajstić information content (AvgIpc) is 3.56. The fraction of sp³-hybridized carbons (Fsp3) is 0.0204. The predicted molar refractivity (Wildman–Crippen MR) is 221 cm³/mol. The van der Waals surface area contributed by atoms with Gasteiger partial charge in [-0.25, -0.2) is 0 Å². The van der Waals surface area contributed by atoms with Crippen LogP contribution in [0.15, 0.2) is 183 Å². The summed E-state index contributed by atoms with van der Waals surface area (Å²) in [6.07, 6.45) is 8.03. The van der Waals surface area contributed by atoms with Crippen molar-refractivity contribution < 1.29 is 0 Å². The van der Waals surface area contributed by atoms with E-state index in [1.54, 1.807) is 0 Å². The molecule has 0 nitrogen and oxygen atoms in total. The van der Waals surface area contributed by atoms with Gasteiger partial charge in [-0.3, -0.25) is 0 Å². The van der Waals surface area contributed by atoms with E-state index in [1.165, 1.54) is 97.0 Å². The minimum atomic E-state index is 1.21. The second-order valence-corrected chi connectivity index (χ2v) is 14.0. The van der Waals surface area contributed by atoms with Gasteiger partial charge in [0.05, 0.1) is 0 Å². The average molecular weight is 655 g/mol. The van der Waals surface area contributed by atoms with Crippen molar-refractivity contribution in [2.45, 2.75) is 6.92 Å². The van der Waals surface area contributed by atoms with Gasteiger partial charge in [-0.05, 0) is 90.3 Å². The highest BCUT2D eigenvalue weighted by Gasteiger charge is 2.20. The third kappa shape index (κ3) is 4.98. The van der Waals surface area contributed by atoms with E-state index in [0.29, 0.717) is 0 Å². The lowest BCUT2D eigenvalue weighted by Crippen LogP contribution is -1.92. The molecule has 0 aliphatic heterocycles. The quantitative estimate of drug-likeness (QED) is 0.124. The van der Waals surface area contributed by atoms with Gasteiger partial charge in [-0.2, -0.15) is 0 Å². The highest BCUT2D eigenvalue weighted by molar-refractivity contribution is 7.26. The van der Waals surface area contributed by atoms with Crippen LogP contribution in [-0.4, -0.2) is 0 Å². The van der Waals surface area contributed by atoms with Gasteiger partial charge in [0.1, 0.15) is 0 Å². The molecule has 0 aliphatic rings. The van der Waals surface area contributed by atoms with Gasteiger partial charge < -0.3 is 0 Å². The predicted octanol–water partition coefficient (Wildman–Crippen LogP) is 14.7. The standard InChI is InChI=1S/C49H34S/c1-3-4-5-14-32(2)36-29-30-42-45(31-36)48(44-23-13-22-43-39-18-10-11-24-46(39)50-49(43)44)41-20-9-8-19-40(41)47(42)35-27-25-34(26-28-35)38-21-12-16-33-15-6-7-17-37(33)38/h3-31H,1H2,2H3/b5-4-,32-14+. The molecule has 9 aromatic rings. The Kier molecular flexibility index (Phi) is 7.49. The van der Waals surface area contributed by atoms with Crippen LogP contribution in [0.5, 0.6) is 0 Å². The van der Waals surface area contributed by atoms with Gasteiger partial charge in [0.15, 0.2) is 0 Å². The summed E-state index contributed by atoms with van der Waals surface area (Å²) in [6.45, 7) is 6.03. The molecule has 0 saturated heterocycles. The Morgan fingerprint density at radius 3 is 1.94 bits per heavy atom. The van der Waals surface area contributed by atoms with Gasteiger partial charge in [-0.15, -0.1) is 11.3 Å². The van der Waals surface area contributed by atoms with Crippen molar-refractivity contribution in [1.82, 2.24) is 0 Å². The summed E-state index contributed by atoms with van der Waals surface area (Å²) >= 11 is 1.90. The van der Waals surface area contributed by atoms with Gasteiger partial charge in [0.2, 0.25) is 0 Å². The van der Waals surface area contributed by atoms with E-state index in [4.69, 9.17) is 0 Å². The maximum absolute atomic E-state index is 3.85. The van der Waals surface area contributed by atoms with E-state index in [-0.39, 0.29) is 0 Å². The fourth-order valence-electron chi connectivity index (χ4n) is 7.64. The molecule has 0 amide bonds. The van der Waals surface area contributed by atoms with Crippen LogP contribution in [0.2, 0.25) is 0 Å². The van der Waals surface area contributed by atoms with Crippen LogP contribution in [0.4, 0.5) is 0 Å². The molecule has 0 saturated carbocycles. The van der Waals surface area contributed by atoms with E-state index >= 15 is 0 Å². The van der Waals surface area contributed by atoms with Crippen molar-refractivity contribution in [1.29, 1.82) is 0 Å². The molecule has 0 radical (unpaired) electrons. The molecule has 0 unspecified atom stereocenters. The maximum Gasteiger partial charge on any atom is 0.0434 e. The van der Waals surface area contributed by atoms with Gasteiger partial charge in [0, 0.05) is 25.7 Å². The van der Waals surface area contributed by atoms with Crippen LogP contribution in [0.1, 0.15) is 12.5 Å². The Hall–Kier alpha value is -6.02. The fourth-order valence-corrected chi connectivity index (χ4v) is 8.86. The molecule has 50 heavy (non-hydrogen) atoms. The molecule has 0 atom stereocenters. The molecular formula is C49H34S. The van der Waals surface area contributed by atoms with E-state index in [9.17, 15) is 0 Å². The molecule has 236 valence electrons. The summed E-state index contributed by atoms with van der Waals surface area (Å²) in [7, 11) is 0. The Morgan fingerprint density at radius 1 is 0.500 bits per heavy atom. The molecule has 0 fully saturated rings. The van der Waals surface area contributed by atoms with Crippen molar-refractivity contribution >= 4 is 69.4 Å². The Labute approximate surface area is 296 Å².